The summed E-state index contributed by atoms with van der Waals surface area (Å²) in [5.74, 6) is -0.0517. The normalized spacial score (nSPS) is 20.0. The molecule has 1 N–H and O–H groups in total. The quantitative estimate of drug-likeness (QED) is 0.937. The predicted octanol–water partition coefficient (Wildman–Crippen LogP) is 3.34. The van der Waals surface area contributed by atoms with Gasteiger partial charge in [0.25, 0.3) is 0 Å². The monoisotopic (exact) mass is 324 g/mol. The van der Waals surface area contributed by atoms with Gasteiger partial charge < -0.3 is 4.98 Å². The fourth-order valence-corrected chi connectivity index (χ4v) is 4.94. The van der Waals surface area contributed by atoms with E-state index in [0.29, 0.717) is 17.1 Å². The van der Waals surface area contributed by atoms with Crippen LogP contribution in [-0.2, 0) is 15.8 Å². The van der Waals surface area contributed by atoms with Crippen LogP contribution in [0.2, 0.25) is 5.02 Å². The van der Waals surface area contributed by atoms with Gasteiger partial charge in [0.1, 0.15) is 0 Å². The summed E-state index contributed by atoms with van der Waals surface area (Å²) in [6.45, 7) is 0.566. The first-order chi connectivity index (χ1) is 10.1. The van der Waals surface area contributed by atoms with Crippen LogP contribution in [0.5, 0.6) is 0 Å². The number of rotatable bonds is 4. The Hall–Kier alpha value is -1.30. The van der Waals surface area contributed by atoms with Gasteiger partial charge >= 0.3 is 0 Å². The van der Waals surface area contributed by atoms with E-state index < -0.39 is 10.0 Å². The molecule has 2 heterocycles. The lowest BCUT2D eigenvalue weighted by Gasteiger charge is -2.23. The molecule has 2 aromatic rings. The summed E-state index contributed by atoms with van der Waals surface area (Å²) >= 11 is 6.08. The standard InChI is InChI=1S/C15H17ClN2O2S/c16-13-6-2-1-5-12(13)11-21(19,20)18-10-4-8-15(18)14-7-3-9-17-14/h1-3,5-7,9,15,17H,4,8,10-11H2/t15-/m0/s1. The highest BCUT2D eigenvalue weighted by molar-refractivity contribution is 7.88. The Bertz CT molecular complexity index is 713. The van der Waals surface area contributed by atoms with E-state index in [1.54, 1.807) is 22.5 Å². The summed E-state index contributed by atoms with van der Waals surface area (Å²) in [6.07, 6.45) is 3.56. The van der Waals surface area contributed by atoms with Crippen molar-refractivity contribution in [2.45, 2.75) is 24.6 Å². The van der Waals surface area contributed by atoms with Crippen LogP contribution >= 0.6 is 11.6 Å². The third-order valence-electron chi connectivity index (χ3n) is 3.84. The van der Waals surface area contributed by atoms with Crippen molar-refractivity contribution in [3.63, 3.8) is 0 Å². The number of sulfonamides is 1. The number of aromatic amines is 1. The zero-order valence-electron chi connectivity index (χ0n) is 11.5. The first-order valence-electron chi connectivity index (χ1n) is 6.94. The number of aromatic nitrogens is 1. The van der Waals surface area contributed by atoms with Crippen molar-refractivity contribution in [1.82, 2.24) is 9.29 Å². The highest BCUT2D eigenvalue weighted by Crippen LogP contribution is 2.34. The van der Waals surface area contributed by atoms with Crippen LogP contribution < -0.4 is 0 Å². The number of halogens is 1. The third-order valence-corrected chi connectivity index (χ3v) is 6.03. The van der Waals surface area contributed by atoms with Crippen molar-refractivity contribution in [3.8, 4) is 0 Å². The molecule has 0 bridgehead atoms. The molecule has 6 heteroatoms. The van der Waals surface area contributed by atoms with Gasteiger partial charge in [0.05, 0.1) is 11.8 Å². The van der Waals surface area contributed by atoms with Crippen molar-refractivity contribution in [2.75, 3.05) is 6.54 Å². The van der Waals surface area contributed by atoms with E-state index in [1.165, 1.54) is 0 Å². The van der Waals surface area contributed by atoms with Gasteiger partial charge in [0.15, 0.2) is 0 Å². The van der Waals surface area contributed by atoms with Crippen molar-refractivity contribution in [2.24, 2.45) is 0 Å². The topological polar surface area (TPSA) is 53.2 Å². The van der Waals surface area contributed by atoms with Crippen LogP contribution in [0, 0.1) is 0 Å². The van der Waals surface area contributed by atoms with E-state index in [4.69, 9.17) is 11.6 Å². The van der Waals surface area contributed by atoms with Crippen molar-refractivity contribution >= 4 is 21.6 Å². The largest absolute Gasteiger partial charge is 0.364 e. The van der Waals surface area contributed by atoms with Gasteiger partial charge in [-0.2, -0.15) is 4.31 Å². The molecule has 1 aliphatic rings. The molecule has 1 fully saturated rings. The van der Waals surface area contributed by atoms with Gasteiger partial charge in [-0.3, -0.25) is 0 Å². The van der Waals surface area contributed by atoms with Crippen LogP contribution in [0.15, 0.2) is 42.6 Å². The second-order valence-electron chi connectivity index (χ2n) is 5.24. The molecule has 0 aliphatic carbocycles. The molecule has 1 aliphatic heterocycles. The Morgan fingerprint density at radius 2 is 2.05 bits per heavy atom. The fourth-order valence-electron chi connectivity index (χ4n) is 2.83. The molecule has 1 aromatic carbocycles. The molecule has 0 amide bonds. The van der Waals surface area contributed by atoms with E-state index in [9.17, 15) is 8.42 Å². The number of hydrogen-bond donors (Lipinski definition) is 1. The first-order valence-corrected chi connectivity index (χ1v) is 8.93. The molecule has 0 saturated carbocycles. The molecule has 21 heavy (non-hydrogen) atoms. The maximum Gasteiger partial charge on any atom is 0.218 e. The summed E-state index contributed by atoms with van der Waals surface area (Å²) in [6, 6.07) is 10.8. The Balaban J connectivity index is 1.86. The Morgan fingerprint density at radius 1 is 1.24 bits per heavy atom. The molecule has 1 atom stereocenters. The lowest BCUT2D eigenvalue weighted by Crippen LogP contribution is -2.32. The van der Waals surface area contributed by atoms with Gasteiger partial charge in [0.2, 0.25) is 10.0 Å². The van der Waals surface area contributed by atoms with Crippen molar-refractivity contribution < 1.29 is 8.42 Å². The molecule has 1 saturated heterocycles. The number of H-pyrrole nitrogens is 1. The first kappa shape index (κ1) is 14.6. The van der Waals surface area contributed by atoms with Crippen LogP contribution in [0.1, 0.15) is 30.1 Å². The minimum Gasteiger partial charge on any atom is -0.364 e. The summed E-state index contributed by atoms with van der Waals surface area (Å²) in [5, 5.41) is 0.497. The third kappa shape index (κ3) is 3.00. The molecular weight excluding hydrogens is 308 g/mol. The van der Waals surface area contributed by atoms with Crippen molar-refractivity contribution in [3.05, 3.63) is 58.9 Å². The fraction of sp³-hybridized carbons (Fsp3) is 0.333. The highest BCUT2D eigenvalue weighted by Gasteiger charge is 2.35. The minimum absolute atomic E-state index is 0.0517. The molecule has 112 valence electrons. The number of hydrogen-bond acceptors (Lipinski definition) is 2. The zero-order chi connectivity index (χ0) is 14.9. The van der Waals surface area contributed by atoms with Gasteiger partial charge in [-0.1, -0.05) is 29.8 Å². The average molecular weight is 325 g/mol. The number of nitrogens with zero attached hydrogens (tertiary/aromatic N) is 1. The zero-order valence-corrected chi connectivity index (χ0v) is 13.1. The maximum atomic E-state index is 12.7. The predicted molar refractivity (Wildman–Crippen MR) is 83.5 cm³/mol. The summed E-state index contributed by atoms with van der Waals surface area (Å²) in [7, 11) is -3.38. The van der Waals surface area contributed by atoms with Crippen LogP contribution in [-0.4, -0.2) is 24.3 Å². The van der Waals surface area contributed by atoms with Gasteiger partial charge in [-0.15, -0.1) is 0 Å². The molecule has 1 aromatic heterocycles. The van der Waals surface area contributed by atoms with E-state index >= 15 is 0 Å². The molecule has 0 radical (unpaired) electrons. The summed E-state index contributed by atoms with van der Waals surface area (Å²) in [4.78, 5) is 3.12. The lowest BCUT2D eigenvalue weighted by atomic mass is 10.2. The van der Waals surface area contributed by atoms with Gasteiger partial charge in [0, 0.05) is 23.5 Å². The molecule has 0 spiro atoms. The van der Waals surface area contributed by atoms with E-state index in [2.05, 4.69) is 4.98 Å². The number of nitrogens with one attached hydrogen (secondary N) is 1. The second kappa shape index (κ2) is 5.83. The summed E-state index contributed by atoms with van der Waals surface area (Å²) in [5.41, 5.74) is 1.60. The SMILES string of the molecule is O=S(=O)(Cc1ccccc1Cl)N1CCC[C@H]1c1ccc[nH]1. The molecule has 0 unspecified atom stereocenters. The Labute approximate surface area is 129 Å². The van der Waals surface area contributed by atoms with E-state index in [-0.39, 0.29) is 11.8 Å². The average Bonchev–Trinajstić information content (AvgIpc) is 3.11. The second-order valence-corrected chi connectivity index (χ2v) is 7.57. The van der Waals surface area contributed by atoms with Crippen LogP contribution in [0.3, 0.4) is 0 Å². The summed E-state index contributed by atoms with van der Waals surface area (Å²) < 4.78 is 27.0. The lowest BCUT2D eigenvalue weighted by molar-refractivity contribution is 0.391. The smallest absolute Gasteiger partial charge is 0.218 e. The highest BCUT2D eigenvalue weighted by atomic mass is 35.5. The number of benzene rings is 1. The van der Waals surface area contributed by atoms with Crippen LogP contribution in [0.4, 0.5) is 0 Å². The maximum absolute atomic E-state index is 12.7. The van der Waals surface area contributed by atoms with E-state index in [0.717, 1.165) is 18.5 Å². The van der Waals surface area contributed by atoms with Crippen LogP contribution in [0.25, 0.3) is 0 Å². The van der Waals surface area contributed by atoms with Gasteiger partial charge in [-0.05, 0) is 36.6 Å². The Kier molecular flexibility index (Phi) is 4.06. The molecule has 3 rings (SSSR count). The molecular formula is C15H17ClN2O2S. The Morgan fingerprint density at radius 3 is 2.76 bits per heavy atom. The van der Waals surface area contributed by atoms with Gasteiger partial charge in [-0.25, -0.2) is 8.42 Å². The minimum atomic E-state index is -3.38. The van der Waals surface area contributed by atoms with E-state index in [1.807, 2.05) is 24.4 Å². The van der Waals surface area contributed by atoms with Crippen molar-refractivity contribution in [1.29, 1.82) is 0 Å². The molecule has 4 nitrogen and oxygen atoms in total.